The van der Waals surface area contributed by atoms with Gasteiger partial charge < -0.3 is 4.74 Å². The van der Waals surface area contributed by atoms with Gasteiger partial charge in [-0.3, -0.25) is 10.1 Å². The van der Waals surface area contributed by atoms with Gasteiger partial charge in [0.1, 0.15) is 0 Å². The molecular formula is C8H8BrNO3. The molecule has 13 heavy (non-hydrogen) atoms. The quantitative estimate of drug-likeness (QED) is 0.608. The van der Waals surface area contributed by atoms with Crippen molar-refractivity contribution in [2.24, 2.45) is 0 Å². The van der Waals surface area contributed by atoms with E-state index in [-0.39, 0.29) is 5.69 Å². The van der Waals surface area contributed by atoms with Gasteiger partial charge in [0.05, 0.1) is 11.5 Å². The molecule has 0 heterocycles. The van der Waals surface area contributed by atoms with Crippen molar-refractivity contribution in [2.75, 3.05) is 7.11 Å². The van der Waals surface area contributed by atoms with Crippen LogP contribution in [0.5, 0.6) is 0 Å². The first-order valence-electron chi connectivity index (χ1n) is 3.56. The zero-order chi connectivity index (χ0) is 9.84. The smallest absolute Gasteiger partial charge is 0.270 e. The summed E-state index contributed by atoms with van der Waals surface area (Å²) >= 11 is 3.19. The topological polar surface area (TPSA) is 52.4 Å². The molecule has 0 aromatic heterocycles. The summed E-state index contributed by atoms with van der Waals surface area (Å²) in [7, 11) is 1.55. The van der Waals surface area contributed by atoms with Gasteiger partial charge in [-0.1, -0.05) is 15.9 Å². The van der Waals surface area contributed by atoms with Gasteiger partial charge in [-0.25, -0.2) is 0 Å². The number of hydrogen-bond acceptors (Lipinski definition) is 3. The van der Waals surface area contributed by atoms with Crippen LogP contribution in [-0.4, -0.2) is 12.0 Å². The Bertz CT molecular complexity index is 327. The number of rotatable bonds is 3. The van der Waals surface area contributed by atoms with Gasteiger partial charge in [0.2, 0.25) is 0 Å². The van der Waals surface area contributed by atoms with E-state index in [2.05, 4.69) is 15.9 Å². The number of methoxy groups -OCH3 is 1. The van der Waals surface area contributed by atoms with E-state index in [4.69, 9.17) is 4.74 Å². The number of benzene rings is 1. The SMILES string of the molecule is COCc1cc(Br)cc([N+](=O)[O-])c1. The third-order valence-electron chi connectivity index (χ3n) is 1.46. The van der Waals surface area contributed by atoms with Gasteiger partial charge >= 0.3 is 0 Å². The number of nitro benzene ring substituents is 1. The zero-order valence-corrected chi connectivity index (χ0v) is 8.58. The summed E-state index contributed by atoms with van der Waals surface area (Å²) in [6, 6.07) is 4.74. The Labute approximate surface area is 83.8 Å². The minimum absolute atomic E-state index is 0.0708. The van der Waals surface area contributed by atoms with E-state index in [0.717, 1.165) is 5.56 Å². The van der Waals surface area contributed by atoms with Crippen LogP contribution in [-0.2, 0) is 11.3 Å². The third-order valence-corrected chi connectivity index (χ3v) is 1.92. The maximum Gasteiger partial charge on any atom is 0.270 e. The molecule has 0 N–H and O–H groups in total. The van der Waals surface area contributed by atoms with Crippen LogP contribution >= 0.6 is 15.9 Å². The van der Waals surface area contributed by atoms with Crippen LogP contribution < -0.4 is 0 Å². The fourth-order valence-corrected chi connectivity index (χ4v) is 1.52. The summed E-state index contributed by atoms with van der Waals surface area (Å²) in [5.74, 6) is 0. The highest BCUT2D eigenvalue weighted by Gasteiger charge is 2.07. The summed E-state index contributed by atoms with van der Waals surface area (Å²) in [5, 5.41) is 10.5. The lowest BCUT2D eigenvalue weighted by Crippen LogP contribution is -1.92. The Hall–Kier alpha value is -0.940. The average Bonchev–Trinajstić information content (AvgIpc) is 2.03. The van der Waals surface area contributed by atoms with Crippen LogP contribution in [0.25, 0.3) is 0 Å². The molecule has 0 aliphatic rings. The van der Waals surface area contributed by atoms with Crippen LogP contribution in [0.4, 0.5) is 5.69 Å². The molecule has 1 aromatic rings. The number of hydrogen-bond donors (Lipinski definition) is 0. The molecule has 1 aromatic carbocycles. The van der Waals surface area contributed by atoms with Gasteiger partial charge in [-0.2, -0.15) is 0 Å². The van der Waals surface area contributed by atoms with Gasteiger partial charge in [-0.05, 0) is 11.6 Å². The Morgan fingerprint density at radius 1 is 1.54 bits per heavy atom. The van der Waals surface area contributed by atoms with Crippen LogP contribution in [0.2, 0.25) is 0 Å². The molecular weight excluding hydrogens is 238 g/mol. The molecule has 1 rings (SSSR count). The lowest BCUT2D eigenvalue weighted by Gasteiger charge is -2.00. The second-order valence-corrected chi connectivity index (χ2v) is 3.42. The molecule has 0 spiro atoms. The maximum atomic E-state index is 10.5. The van der Waals surface area contributed by atoms with Crippen molar-refractivity contribution in [3.05, 3.63) is 38.3 Å². The number of nitrogens with zero attached hydrogens (tertiary/aromatic N) is 1. The minimum Gasteiger partial charge on any atom is -0.380 e. The Balaban J connectivity index is 3.03. The summed E-state index contributed by atoms with van der Waals surface area (Å²) in [6.45, 7) is 0.375. The van der Waals surface area contributed by atoms with Gasteiger partial charge in [-0.15, -0.1) is 0 Å². The van der Waals surface area contributed by atoms with Crippen molar-refractivity contribution in [1.82, 2.24) is 0 Å². The fourth-order valence-electron chi connectivity index (χ4n) is 0.989. The summed E-state index contributed by atoms with van der Waals surface area (Å²) in [6.07, 6.45) is 0. The van der Waals surface area contributed by atoms with Crippen molar-refractivity contribution in [3.8, 4) is 0 Å². The summed E-state index contributed by atoms with van der Waals surface area (Å²) < 4.78 is 5.56. The molecule has 0 unspecified atom stereocenters. The van der Waals surface area contributed by atoms with Gasteiger partial charge in [0, 0.05) is 23.7 Å². The molecule has 0 amide bonds. The third kappa shape index (κ3) is 2.78. The van der Waals surface area contributed by atoms with Crippen molar-refractivity contribution in [3.63, 3.8) is 0 Å². The second kappa shape index (κ2) is 4.34. The lowest BCUT2D eigenvalue weighted by molar-refractivity contribution is -0.385. The molecule has 0 atom stereocenters. The van der Waals surface area contributed by atoms with Crippen molar-refractivity contribution in [1.29, 1.82) is 0 Å². The van der Waals surface area contributed by atoms with E-state index in [1.54, 1.807) is 13.2 Å². The molecule has 0 aliphatic carbocycles. The highest BCUT2D eigenvalue weighted by atomic mass is 79.9. The Kier molecular flexibility index (Phi) is 3.39. The lowest BCUT2D eigenvalue weighted by atomic mass is 10.2. The van der Waals surface area contributed by atoms with E-state index >= 15 is 0 Å². The number of non-ortho nitro benzene ring substituents is 1. The van der Waals surface area contributed by atoms with E-state index in [0.29, 0.717) is 11.1 Å². The van der Waals surface area contributed by atoms with Crippen LogP contribution in [0.15, 0.2) is 22.7 Å². The van der Waals surface area contributed by atoms with Crippen LogP contribution in [0.3, 0.4) is 0 Å². The monoisotopic (exact) mass is 245 g/mol. The Morgan fingerprint density at radius 3 is 2.77 bits per heavy atom. The molecule has 0 radical (unpaired) electrons. The largest absolute Gasteiger partial charge is 0.380 e. The van der Waals surface area contributed by atoms with Gasteiger partial charge in [0.15, 0.2) is 0 Å². The molecule has 0 aliphatic heterocycles. The molecule has 0 saturated heterocycles. The van der Waals surface area contributed by atoms with E-state index in [9.17, 15) is 10.1 Å². The normalized spacial score (nSPS) is 10.0. The van der Waals surface area contributed by atoms with Crippen molar-refractivity contribution in [2.45, 2.75) is 6.61 Å². The first-order chi connectivity index (χ1) is 6.13. The standard InChI is InChI=1S/C8H8BrNO3/c1-13-5-6-2-7(9)4-8(3-6)10(11)12/h2-4H,5H2,1H3. The molecule has 70 valence electrons. The highest BCUT2D eigenvalue weighted by molar-refractivity contribution is 9.10. The number of nitro groups is 1. The molecule has 5 heteroatoms. The predicted octanol–water partition coefficient (Wildman–Crippen LogP) is 2.50. The van der Waals surface area contributed by atoms with E-state index < -0.39 is 4.92 Å². The number of ether oxygens (including phenoxy) is 1. The minimum atomic E-state index is -0.427. The molecule has 0 bridgehead atoms. The zero-order valence-electron chi connectivity index (χ0n) is 6.99. The molecule has 0 saturated carbocycles. The van der Waals surface area contributed by atoms with E-state index in [1.807, 2.05) is 0 Å². The van der Waals surface area contributed by atoms with Crippen LogP contribution in [0.1, 0.15) is 5.56 Å². The van der Waals surface area contributed by atoms with Crippen LogP contribution in [0, 0.1) is 10.1 Å². The van der Waals surface area contributed by atoms with Crippen molar-refractivity contribution < 1.29 is 9.66 Å². The number of halogens is 1. The van der Waals surface area contributed by atoms with E-state index in [1.165, 1.54) is 12.1 Å². The molecule has 4 nitrogen and oxygen atoms in total. The summed E-state index contributed by atoms with van der Waals surface area (Å²) in [5.41, 5.74) is 0.852. The van der Waals surface area contributed by atoms with Gasteiger partial charge in [0.25, 0.3) is 5.69 Å². The average molecular weight is 246 g/mol. The highest BCUT2D eigenvalue weighted by Crippen LogP contribution is 2.21. The first kappa shape index (κ1) is 10.1. The summed E-state index contributed by atoms with van der Waals surface area (Å²) in [4.78, 5) is 10.0. The predicted molar refractivity (Wildman–Crippen MR) is 51.5 cm³/mol. The first-order valence-corrected chi connectivity index (χ1v) is 4.35. The fraction of sp³-hybridized carbons (Fsp3) is 0.250. The Morgan fingerprint density at radius 2 is 2.23 bits per heavy atom. The second-order valence-electron chi connectivity index (χ2n) is 2.51. The molecule has 0 fully saturated rings. The van der Waals surface area contributed by atoms with Crippen molar-refractivity contribution >= 4 is 21.6 Å². The maximum absolute atomic E-state index is 10.5.